The molecule has 2 rings (SSSR count). The highest BCUT2D eigenvalue weighted by atomic mass is 19.4. The number of hydrogen-bond donors (Lipinski definition) is 2. The fourth-order valence-corrected chi connectivity index (χ4v) is 2.90. The normalized spacial score (nSPS) is 11.0. The molecule has 0 aliphatic carbocycles. The van der Waals surface area contributed by atoms with Crippen LogP contribution in [0.15, 0.2) is 42.5 Å². The first kappa shape index (κ1) is 24.0. The van der Waals surface area contributed by atoms with E-state index < -0.39 is 17.6 Å². The Morgan fingerprint density at radius 3 is 2.19 bits per heavy atom. The molecule has 0 aromatic heterocycles. The van der Waals surface area contributed by atoms with Crippen molar-refractivity contribution in [3.05, 3.63) is 53.6 Å². The van der Waals surface area contributed by atoms with Crippen molar-refractivity contribution in [1.29, 1.82) is 0 Å². The van der Waals surface area contributed by atoms with E-state index in [1.165, 1.54) is 6.07 Å². The van der Waals surface area contributed by atoms with Crippen LogP contribution in [0.1, 0.15) is 36.7 Å². The molecule has 2 aromatic rings. The van der Waals surface area contributed by atoms with Crippen LogP contribution in [-0.2, 0) is 11.0 Å². The first-order valence-corrected chi connectivity index (χ1v) is 9.96. The molecule has 0 spiro atoms. The van der Waals surface area contributed by atoms with E-state index >= 15 is 0 Å². The zero-order valence-electron chi connectivity index (χ0n) is 17.7. The van der Waals surface area contributed by atoms with Gasteiger partial charge in [-0.2, -0.15) is 13.2 Å². The van der Waals surface area contributed by atoms with Gasteiger partial charge in [0, 0.05) is 24.3 Å². The molecule has 0 radical (unpaired) electrons. The molecule has 2 aromatic carbocycles. The van der Waals surface area contributed by atoms with Gasteiger partial charge in [0.2, 0.25) is 5.91 Å². The number of benzene rings is 2. The number of carbonyl (C=O) groups is 2. The molecule has 0 saturated heterocycles. The summed E-state index contributed by atoms with van der Waals surface area (Å²) in [5.41, 5.74) is 0.210. The first-order chi connectivity index (χ1) is 14.7. The zero-order chi connectivity index (χ0) is 23.0. The van der Waals surface area contributed by atoms with Crippen LogP contribution < -0.4 is 15.4 Å². The van der Waals surface area contributed by atoms with Gasteiger partial charge in [-0.3, -0.25) is 9.59 Å². The number of nitrogens with one attached hydrogen (secondary N) is 2. The van der Waals surface area contributed by atoms with Crippen LogP contribution in [0, 0.1) is 0 Å². The molecule has 0 fully saturated rings. The van der Waals surface area contributed by atoms with Crippen LogP contribution in [0.4, 0.5) is 24.5 Å². The number of rotatable bonds is 9. The summed E-state index contributed by atoms with van der Waals surface area (Å²) in [6.45, 7) is 6.70. The average Bonchev–Trinajstić information content (AvgIpc) is 2.73. The van der Waals surface area contributed by atoms with Crippen molar-refractivity contribution in [2.45, 2.75) is 26.9 Å². The molecule has 31 heavy (non-hydrogen) atoms. The molecule has 6 nitrogen and oxygen atoms in total. The third-order valence-corrected chi connectivity index (χ3v) is 4.51. The highest BCUT2D eigenvalue weighted by Crippen LogP contribution is 2.35. The molecule has 0 unspecified atom stereocenters. The van der Waals surface area contributed by atoms with Gasteiger partial charge in [-0.25, -0.2) is 0 Å². The second kappa shape index (κ2) is 10.7. The van der Waals surface area contributed by atoms with Crippen LogP contribution in [0.25, 0.3) is 0 Å². The Balaban J connectivity index is 2.03. The molecular formula is C22H26F3N3O3. The number of nitrogens with zero attached hydrogens (tertiary/aromatic N) is 1. The smallest absolute Gasteiger partial charge is 0.416 e. The van der Waals surface area contributed by atoms with Crippen molar-refractivity contribution < 1.29 is 27.5 Å². The van der Waals surface area contributed by atoms with Crippen molar-refractivity contribution in [3.8, 4) is 5.75 Å². The highest BCUT2D eigenvalue weighted by Gasteiger charge is 2.31. The van der Waals surface area contributed by atoms with Crippen LogP contribution in [0.5, 0.6) is 5.75 Å². The van der Waals surface area contributed by atoms with Gasteiger partial charge in [-0.15, -0.1) is 0 Å². The molecule has 9 heteroatoms. The lowest BCUT2D eigenvalue weighted by Crippen LogP contribution is -2.30. The van der Waals surface area contributed by atoms with Crippen molar-refractivity contribution in [3.63, 3.8) is 0 Å². The second-order valence-corrected chi connectivity index (χ2v) is 6.60. The Kier molecular flexibility index (Phi) is 8.30. The molecule has 0 heterocycles. The van der Waals surface area contributed by atoms with Crippen LogP contribution in [0.3, 0.4) is 0 Å². The molecule has 2 amide bonds. The predicted octanol–water partition coefficient (Wildman–Crippen LogP) is 4.64. The Hall–Kier alpha value is -3.23. The van der Waals surface area contributed by atoms with Gasteiger partial charge in [-0.1, -0.05) is 0 Å². The number of ether oxygens (including phenoxy) is 1. The lowest BCUT2D eigenvalue weighted by Gasteiger charge is -2.18. The van der Waals surface area contributed by atoms with Gasteiger partial charge in [0.05, 0.1) is 24.4 Å². The maximum Gasteiger partial charge on any atom is 0.416 e. The van der Waals surface area contributed by atoms with E-state index in [9.17, 15) is 22.8 Å². The molecule has 0 aliphatic rings. The van der Waals surface area contributed by atoms with E-state index in [0.717, 1.165) is 12.1 Å². The lowest BCUT2D eigenvalue weighted by atomic mass is 10.1. The largest absolute Gasteiger partial charge is 0.492 e. The summed E-state index contributed by atoms with van der Waals surface area (Å²) in [6, 6.07) is 9.49. The van der Waals surface area contributed by atoms with Crippen LogP contribution >= 0.6 is 0 Å². The number of halogens is 3. The van der Waals surface area contributed by atoms with Crippen LogP contribution in [-0.4, -0.2) is 43.0 Å². The average molecular weight is 437 g/mol. The van der Waals surface area contributed by atoms with E-state index in [-0.39, 0.29) is 30.5 Å². The minimum Gasteiger partial charge on any atom is -0.492 e. The SMILES string of the molecule is CCOc1ccc(C(F)(F)F)cc1NCC(=O)Nc1ccc(C(=O)N(CC)CC)cc1. The Morgan fingerprint density at radius 2 is 1.65 bits per heavy atom. The van der Waals surface area contributed by atoms with Gasteiger partial charge >= 0.3 is 6.18 Å². The molecular weight excluding hydrogens is 411 g/mol. The summed E-state index contributed by atoms with van der Waals surface area (Å²) in [5.74, 6) is -0.331. The molecule has 2 N–H and O–H groups in total. The molecule has 0 aliphatic heterocycles. The van der Waals surface area contributed by atoms with Crippen molar-refractivity contribution in [2.75, 3.05) is 36.9 Å². The van der Waals surface area contributed by atoms with E-state index in [4.69, 9.17) is 4.74 Å². The maximum atomic E-state index is 13.0. The molecule has 168 valence electrons. The summed E-state index contributed by atoms with van der Waals surface area (Å²) in [4.78, 5) is 26.2. The van der Waals surface area contributed by atoms with E-state index in [2.05, 4.69) is 10.6 Å². The monoisotopic (exact) mass is 437 g/mol. The summed E-state index contributed by atoms with van der Waals surface area (Å²) in [7, 11) is 0. The van der Waals surface area contributed by atoms with Crippen LogP contribution in [0.2, 0.25) is 0 Å². The summed E-state index contributed by atoms with van der Waals surface area (Å²) < 4.78 is 44.3. The molecule has 0 bridgehead atoms. The summed E-state index contributed by atoms with van der Waals surface area (Å²) in [6.07, 6.45) is -4.51. The van der Waals surface area contributed by atoms with Gasteiger partial charge in [0.1, 0.15) is 5.75 Å². The molecule has 0 saturated carbocycles. The van der Waals surface area contributed by atoms with Crippen molar-refractivity contribution in [1.82, 2.24) is 4.90 Å². The minimum absolute atomic E-state index is 0.0759. The predicted molar refractivity (Wildman–Crippen MR) is 113 cm³/mol. The van der Waals surface area contributed by atoms with Gasteiger partial charge < -0.3 is 20.3 Å². The number of hydrogen-bond acceptors (Lipinski definition) is 4. The van der Waals surface area contributed by atoms with E-state index in [0.29, 0.717) is 24.3 Å². The fraction of sp³-hybridized carbons (Fsp3) is 0.364. The zero-order valence-corrected chi connectivity index (χ0v) is 17.7. The van der Waals surface area contributed by atoms with Gasteiger partial charge in [-0.05, 0) is 63.2 Å². The number of carbonyl (C=O) groups excluding carboxylic acids is 2. The highest BCUT2D eigenvalue weighted by molar-refractivity contribution is 5.96. The van der Waals surface area contributed by atoms with E-state index in [1.807, 2.05) is 13.8 Å². The summed E-state index contributed by atoms with van der Waals surface area (Å²) >= 11 is 0. The Labute approximate surface area is 179 Å². The maximum absolute atomic E-state index is 13.0. The van der Waals surface area contributed by atoms with Crippen molar-refractivity contribution >= 4 is 23.2 Å². The summed E-state index contributed by atoms with van der Waals surface area (Å²) in [5, 5.41) is 5.33. The Morgan fingerprint density at radius 1 is 1.00 bits per heavy atom. The topological polar surface area (TPSA) is 70.7 Å². The fourth-order valence-electron chi connectivity index (χ4n) is 2.90. The number of amides is 2. The molecule has 0 atom stereocenters. The quantitative estimate of drug-likeness (QED) is 0.600. The third kappa shape index (κ3) is 6.63. The lowest BCUT2D eigenvalue weighted by molar-refractivity contribution is -0.137. The minimum atomic E-state index is -4.51. The standard InChI is InChI=1S/C22H26F3N3O3/c1-4-28(5-2)21(30)15-7-10-17(11-8-15)27-20(29)14-26-18-13-16(22(23,24)25)9-12-19(18)31-6-3/h7-13,26H,4-6,14H2,1-3H3,(H,27,29). The number of anilines is 2. The van der Waals surface area contributed by atoms with Gasteiger partial charge in [0.15, 0.2) is 0 Å². The third-order valence-electron chi connectivity index (χ3n) is 4.51. The number of alkyl halides is 3. The van der Waals surface area contributed by atoms with Gasteiger partial charge in [0.25, 0.3) is 5.91 Å². The van der Waals surface area contributed by atoms with Crippen molar-refractivity contribution in [2.24, 2.45) is 0 Å². The van der Waals surface area contributed by atoms with E-state index in [1.54, 1.807) is 36.1 Å². The second-order valence-electron chi connectivity index (χ2n) is 6.60. The Bertz CT molecular complexity index is 895. The first-order valence-electron chi connectivity index (χ1n) is 9.96.